The molecule has 1 aromatic rings. The van der Waals surface area contributed by atoms with Crippen molar-refractivity contribution in [2.75, 3.05) is 5.32 Å². The number of ketones is 1. The van der Waals surface area contributed by atoms with Crippen molar-refractivity contribution in [3.8, 4) is 0 Å². The van der Waals surface area contributed by atoms with Crippen LogP contribution in [0.4, 0.5) is 5.69 Å². The average molecular weight is 269 g/mol. The summed E-state index contributed by atoms with van der Waals surface area (Å²) in [5, 5.41) is 3.84. The molecule has 0 unspecified atom stereocenters. The van der Waals surface area contributed by atoms with Gasteiger partial charge in [-0.2, -0.15) is 0 Å². The predicted octanol–water partition coefficient (Wildman–Crippen LogP) is 4.27. The Morgan fingerprint density at radius 1 is 1.00 bits per heavy atom. The van der Waals surface area contributed by atoms with E-state index in [4.69, 9.17) is 0 Å². The first kappa shape index (κ1) is 12.4. The van der Waals surface area contributed by atoms with Gasteiger partial charge in [0, 0.05) is 16.8 Å². The van der Waals surface area contributed by atoms with E-state index in [1.165, 1.54) is 44.2 Å². The van der Waals surface area contributed by atoms with Crippen LogP contribution in [0.2, 0.25) is 0 Å². The van der Waals surface area contributed by atoms with Crippen LogP contribution in [0, 0.1) is 17.8 Å². The third-order valence-corrected chi connectivity index (χ3v) is 5.74. The lowest BCUT2D eigenvalue weighted by Crippen LogP contribution is -2.54. The van der Waals surface area contributed by atoms with Crippen molar-refractivity contribution < 1.29 is 4.79 Å². The van der Waals surface area contributed by atoms with Crippen LogP contribution >= 0.6 is 0 Å². The molecule has 106 valence electrons. The van der Waals surface area contributed by atoms with Gasteiger partial charge in [0.15, 0.2) is 5.78 Å². The van der Waals surface area contributed by atoms with E-state index in [2.05, 4.69) is 17.4 Å². The third kappa shape index (κ3) is 2.06. The summed E-state index contributed by atoms with van der Waals surface area (Å²) in [6, 6.07) is 8.06. The van der Waals surface area contributed by atoms with E-state index in [-0.39, 0.29) is 5.78 Å². The first-order valence-corrected chi connectivity index (χ1v) is 8.01. The summed E-state index contributed by atoms with van der Waals surface area (Å²) in [7, 11) is 0. The fourth-order valence-corrected chi connectivity index (χ4v) is 5.36. The van der Waals surface area contributed by atoms with Gasteiger partial charge in [-0.15, -0.1) is 0 Å². The first-order chi connectivity index (χ1) is 9.62. The maximum atomic E-state index is 11.3. The van der Waals surface area contributed by atoms with Gasteiger partial charge in [-0.1, -0.05) is 0 Å². The monoisotopic (exact) mass is 269 g/mol. The van der Waals surface area contributed by atoms with Crippen LogP contribution < -0.4 is 5.32 Å². The smallest absolute Gasteiger partial charge is 0.159 e. The third-order valence-electron chi connectivity index (χ3n) is 5.74. The highest BCUT2D eigenvalue weighted by Crippen LogP contribution is 2.56. The van der Waals surface area contributed by atoms with E-state index in [1.807, 2.05) is 12.1 Å². The van der Waals surface area contributed by atoms with E-state index in [0.29, 0.717) is 5.54 Å². The molecule has 0 atom stereocenters. The topological polar surface area (TPSA) is 29.1 Å². The molecule has 2 heteroatoms. The quantitative estimate of drug-likeness (QED) is 0.830. The van der Waals surface area contributed by atoms with E-state index < -0.39 is 0 Å². The van der Waals surface area contributed by atoms with Crippen LogP contribution in [-0.4, -0.2) is 11.3 Å². The van der Waals surface area contributed by atoms with Crippen molar-refractivity contribution in [2.45, 2.75) is 51.0 Å². The Morgan fingerprint density at radius 2 is 1.50 bits per heavy atom. The zero-order chi connectivity index (χ0) is 13.7. The van der Waals surface area contributed by atoms with Crippen LogP contribution in [0.5, 0.6) is 0 Å². The standard InChI is InChI=1S/C18H23NO/c1-12(20)16-2-4-17(5-3-16)19-18-9-13-6-14(10-18)8-15(7-13)11-18/h2-5,13-15,19H,6-11H2,1H3. The second kappa shape index (κ2) is 4.34. The number of anilines is 1. The largest absolute Gasteiger partial charge is 0.380 e. The van der Waals surface area contributed by atoms with Gasteiger partial charge >= 0.3 is 0 Å². The molecule has 0 radical (unpaired) electrons. The van der Waals surface area contributed by atoms with Gasteiger partial charge in [0.25, 0.3) is 0 Å². The Bertz CT molecular complexity index is 496. The van der Waals surface area contributed by atoms with Gasteiger partial charge in [-0.3, -0.25) is 4.79 Å². The number of hydrogen-bond acceptors (Lipinski definition) is 2. The Morgan fingerprint density at radius 3 is 1.95 bits per heavy atom. The second-order valence-electron chi connectivity index (χ2n) is 7.46. The molecular formula is C18H23NO. The van der Waals surface area contributed by atoms with Crippen LogP contribution in [0.1, 0.15) is 55.8 Å². The van der Waals surface area contributed by atoms with Crippen LogP contribution in [0.25, 0.3) is 0 Å². The molecule has 0 heterocycles. The lowest BCUT2D eigenvalue weighted by Gasteiger charge is -2.57. The Balaban J connectivity index is 1.55. The summed E-state index contributed by atoms with van der Waals surface area (Å²) in [6.07, 6.45) is 8.49. The summed E-state index contributed by atoms with van der Waals surface area (Å²) in [5.41, 5.74) is 2.35. The van der Waals surface area contributed by atoms with Crippen molar-refractivity contribution >= 4 is 11.5 Å². The molecule has 4 bridgehead atoms. The highest BCUT2D eigenvalue weighted by atomic mass is 16.1. The Labute approximate surface area is 121 Å². The fourth-order valence-electron chi connectivity index (χ4n) is 5.36. The summed E-state index contributed by atoms with van der Waals surface area (Å²) in [5.74, 6) is 3.03. The maximum absolute atomic E-state index is 11.3. The number of carbonyl (C=O) groups is 1. The van der Waals surface area contributed by atoms with Crippen LogP contribution in [-0.2, 0) is 0 Å². The van der Waals surface area contributed by atoms with Crippen LogP contribution in [0.15, 0.2) is 24.3 Å². The molecule has 0 amide bonds. The molecule has 4 fully saturated rings. The molecule has 1 aromatic carbocycles. The number of rotatable bonds is 3. The number of carbonyl (C=O) groups excluding carboxylic acids is 1. The first-order valence-electron chi connectivity index (χ1n) is 8.01. The summed E-state index contributed by atoms with van der Waals surface area (Å²) in [4.78, 5) is 11.3. The number of nitrogens with one attached hydrogen (secondary N) is 1. The van der Waals surface area contributed by atoms with E-state index >= 15 is 0 Å². The highest BCUT2D eigenvalue weighted by Gasteiger charge is 2.50. The molecule has 5 rings (SSSR count). The number of benzene rings is 1. The van der Waals surface area contributed by atoms with E-state index in [9.17, 15) is 4.79 Å². The molecule has 0 aliphatic heterocycles. The molecule has 4 aliphatic rings. The van der Waals surface area contributed by atoms with Gasteiger partial charge in [0.2, 0.25) is 0 Å². The maximum Gasteiger partial charge on any atom is 0.159 e. The number of hydrogen-bond donors (Lipinski definition) is 1. The second-order valence-corrected chi connectivity index (χ2v) is 7.46. The molecule has 2 nitrogen and oxygen atoms in total. The van der Waals surface area contributed by atoms with Gasteiger partial charge in [-0.05, 0) is 87.5 Å². The Kier molecular flexibility index (Phi) is 2.70. The minimum absolute atomic E-state index is 0.145. The molecule has 0 aromatic heterocycles. The summed E-state index contributed by atoms with van der Waals surface area (Å²) in [6.45, 7) is 1.63. The van der Waals surface area contributed by atoms with Gasteiger partial charge in [-0.25, -0.2) is 0 Å². The minimum atomic E-state index is 0.145. The van der Waals surface area contributed by atoms with Crippen molar-refractivity contribution in [1.82, 2.24) is 0 Å². The van der Waals surface area contributed by atoms with Crippen molar-refractivity contribution in [2.24, 2.45) is 17.8 Å². The zero-order valence-corrected chi connectivity index (χ0v) is 12.2. The molecule has 0 saturated heterocycles. The molecule has 4 saturated carbocycles. The van der Waals surface area contributed by atoms with Gasteiger partial charge < -0.3 is 5.32 Å². The Hall–Kier alpha value is -1.31. The minimum Gasteiger partial charge on any atom is -0.380 e. The molecule has 20 heavy (non-hydrogen) atoms. The SMILES string of the molecule is CC(=O)c1ccc(NC23CC4CC(CC(C4)C2)C3)cc1. The van der Waals surface area contributed by atoms with E-state index in [0.717, 1.165) is 23.3 Å². The predicted molar refractivity (Wildman–Crippen MR) is 81.0 cm³/mol. The number of Topliss-reactive ketones (excluding diaryl/α,β-unsaturated/α-hetero) is 1. The zero-order valence-electron chi connectivity index (χ0n) is 12.2. The van der Waals surface area contributed by atoms with E-state index in [1.54, 1.807) is 6.92 Å². The van der Waals surface area contributed by atoms with Gasteiger partial charge in [0.1, 0.15) is 0 Å². The lowest BCUT2D eigenvalue weighted by atomic mass is 9.53. The molecular weight excluding hydrogens is 246 g/mol. The average Bonchev–Trinajstić information content (AvgIpc) is 2.37. The van der Waals surface area contributed by atoms with Crippen molar-refractivity contribution in [3.05, 3.63) is 29.8 Å². The normalized spacial score (nSPS) is 38.0. The molecule has 4 aliphatic carbocycles. The van der Waals surface area contributed by atoms with Crippen LogP contribution in [0.3, 0.4) is 0 Å². The van der Waals surface area contributed by atoms with Crippen molar-refractivity contribution in [1.29, 1.82) is 0 Å². The van der Waals surface area contributed by atoms with Gasteiger partial charge in [0.05, 0.1) is 0 Å². The molecule has 0 spiro atoms. The highest BCUT2D eigenvalue weighted by molar-refractivity contribution is 5.94. The fraction of sp³-hybridized carbons (Fsp3) is 0.611. The molecule has 1 N–H and O–H groups in total. The lowest BCUT2D eigenvalue weighted by molar-refractivity contribution is 0.0107. The summed E-state index contributed by atoms with van der Waals surface area (Å²) >= 11 is 0. The van der Waals surface area contributed by atoms with Crippen molar-refractivity contribution in [3.63, 3.8) is 0 Å². The summed E-state index contributed by atoms with van der Waals surface area (Å²) < 4.78 is 0.